The Morgan fingerprint density at radius 1 is 1.07 bits per heavy atom. The Balaban J connectivity index is 0.0000152. The normalized spacial score (nSPS) is 12.3. The second kappa shape index (κ2) is 21.0. The van der Waals surface area contributed by atoms with Gasteiger partial charge in [-0.15, -0.1) is 6.58 Å². The lowest BCUT2D eigenvalue weighted by Gasteiger charge is -2.23. The van der Waals surface area contributed by atoms with Gasteiger partial charge in [0.25, 0.3) is 6.47 Å². The molecule has 0 aliphatic heterocycles. The fraction of sp³-hybridized carbons (Fsp3) is 0.464. The molecule has 0 aromatic heterocycles. The molecule has 222 valence electrons. The van der Waals surface area contributed by atoms with Crippen molar-refractivity contribution < 1.29 is 46.1 Å². The van der Waals surface area contributed by atoms with E-state index in [-0.39, 0.29) is 55.4 Å². The van der Waals surface area contributed by atoms with Gasteiger partial charge < -0.3 is 32.5 Å². The average molecular weight is 580 g/mol. The molecule has 1 rings (SSSR count). The van der Waals surface area contributed by atoms with Gasteiger partial charge in [0.2, 0.25) is 11.8 Å². The summed E-state index contributed by atoms with van der Waals surface area (Å²) in [6.45, 7) is 9.83. The van der Waals surface area contributed by atoms with Crippen molar-refractivity contribution in [3.05, 3.63) is 55.1 Å². The number of nitrogens with two attached hydrogens (primary N) is 2. The van der Waals surface area contributed by atoms with Gasteiger partial charge in [0.1, 0.15) is 19.0 Å². The number of Topliss-reactive ketones (excluding diaryl/α,β-unsaturated/α-hetero) is 1. The van der Waals surface area contributed by atoms with Crippen molar-refractivity contribution in [3.63, 3.8) is 0 Å². The van der Waals surface area contributed by atoms with Crippen LogP contribution in [0.15, 0.2) is 49.6 Å². The molecule has 40 heavy (non-hydrogen) atoms. The van der Waals surface area contributed by atoms with Crippen LogP contribution in [0.25, 0.3) is 0 Å². The first kappa shape index (κ1) is 36.1. The highest BCUT2D eigenvalue weighted by molar-refractivity contribution is 5.92. The minimum absolute atomic E-state index is 0. The predicted molar refractivity (Wildman–Crippen MR) is 148 cm³/mol. The van der Waals surface area contributed by atoms with Gasteiger partial charge in [-0.2, -0.15) is 0 Å². The van der Waals surface area contributed by atoms with Gasteiger partial charge in [-0.1, -0.05) is 30.9 Å². The van der Waals surface area contributed by atoms with Crippen molar-refractivity contribution in [2.45, 2.75) is 57.5 Å². The number of guanidine groups is 1. The molecule has 3 atom stereocenters. The first-order valence-electron chi connectivity index (χ1n) is 12.9. The highest BCUT2D eigenvalue weighted by atomic mass is 35.5. The lowest BCUT2D eigenvalue weighted by molar-refractivity contribution is -0.459. The number of nitrogens with one attached hydrogen (secondary N) is 3. The van der Waals surface area contributed by atoms with E-state index in [1.807, 2.05) is 12.1 Å². The number of carbonyl (C=O) groups is 4. The Morgan fingerprint density at radius 3 is 2.35 bits per heavy atom. The highest BCUT2D eigenvalue weighted by Gasteiger charge is 2.28. The van der Waals surface area contributed by atoms with Crippen LogP contribution in [0.4, 0.5) is 0 Å². The van der Waals surface area contributed by atoms with Crippen LogP contribution in [0, 0.1) is 5.92 Å². The summed E-state index contributed by atoms with van der Waals surface area (Å²) in [5.41, 5.74) is 11.7. The molecule has 0 fully saturated rings. The van der Waals surface area contributed by atoms with E-state index in [1.165, 1.54) is 6.92 Å². The lowest BCUT2D eigenvalue weighted by Crippen LogP contribution is -3.00. The Bertz CT molecular complexity index is 982. The minimum Gasteiger partial charge on any atom is -1.00 e. The number of benzene rings is 1. The summed E-state index contributed by atoms with van der Waals surface area (Å²) < 4.78 is 10.3. The number of hydrogen-bond acceptors (Lipinski definition) is 6. The largest absolute Gasteiger partial charge is 1.00 e. The Hall–Kier alpha value is -3.86. The summed E-state index contributed by atoms with van der Waals surface area (Å²) in [6.07, 6.45) is 5.54. The molecule has 0 aliphatic rings. The van der Waals surface area contributed by atoms with E-state index in [4.69, 9.17) is 20.9 Å². The molecule has 0 saturated carbocycles. The molecule has 0 unspecified atom stereocenters. The SMILES string of the molecule is C=CCOc1ccc(C[C@H](NC(C)=O)C(=O)C[C@H](CCCC[NH+]=C(N)N)C(=O)N[C@@H](CC=C)COC=O)cc1.[Cl-]. The third-order valence-corrected chi connectivity index (χ3v) is 5.79. The summed E-state index contributed by atoms with van der Waals surface area (Å²) in [7, 11) is 0. The summed E-state index contributed by atoms with van der Waals surface area (Å²) in [5, 5.41) is 5.58. The number of ether oxygens (including phenoxy) is 2. The number of ketones is 1. The highest BCUT2D eigenvalue weighted by Crippen LogP contribution is 2.18. The van der Waals surface area contributed by atoms with E-state index < -0.39 is 18.0 Å². The van der Waals surface area contributed by atoms with Gasteiger partial charge in [-0.3, -0.25) is 35.6 Å². The third-order valence-electron chi connectivity index (χ3n) is 5.79. The van der Waals surface area contributed by atoms with Crippen LogP contribution in [0.2, 0.25) is 0 Å². The van der Waals surface area contributed by atoms with E-state index >= 15 is 0 Å². The number of rotatable bonds is 21. The van der Waals surface area contributed by atoms with Crippen LogP contribution in [-0.2, 0) is 30.3 Å². The van der Waals surface area contributed by atoms with Crippen LogP contribution < -0.4 is 44.2 Å². The second-order valence-electron chi connectivity index (χ2n) is 9.11. The van der Waals surface area contributed by atoms with Gasteiger partial charge in [0.05, 0.1) is 18.6 Å². The number of hydrogen-bond donors (Lipinski definition) is 5. The van der Waals surface area contributed by atoms with Crippen LogP contribution in [0.1, 0.15) is 44.6 Å². The molecular formula is C28H42ClN5O6. The fourth-order valence-electron chi connectivity index (χ4n) is 3.91. The molecule has 0 spiro atoms. The molecule has 2 amide bonds. The van der Waals surface area contributed by atoms with E-state index in [9.17, 15) is 19.2 Å². The lowest BCUT2D eigenvalue weighted by atomic mass is 9.90. The summed E-state index contributed by atoms with van der Waals surface area (Å²) in [4.78, 5) is 52.0. The van der Waals surface area contributed by atoms with Crippen LogP contribution in [0.5, 0.6) is 5.75 Å². The Labute approximate surface area is 242 Å². The zero-order chi connectivity index (χ0) is 29.0. The standard InChI is InChI=1S/C28H41N5O6.ClH/c1-4-8-23(18-38-19-34)33-27(37)22(9-6-7-14-31-28(29)30)17-26(36)25(32-20(3)35)16-21-10-12-24(13-11-21)39-15-5-2;/h4-5,10-13,19,22-23,25H,1-2,6-9,14-18H2,3H3,(H,32,35)(H,33,37)(H4,29,30,31);1H/t22-,23-,25-;/m0./s1. The average Bonchev–Trinajstić information content (AvgIpc) is 2.89. The number of amides is 2. The van der Waals surface area contributed by atoms with Crippen molar-refractivity contribution in [1.29, 1.82) is 0 Å². The molecule has 12 heteroatoms. The maximum atomic E-state index is 13.4. The molecule has 11 nitrogen and oxygen atoms in total. The summed E-state index contributed by atoms with van der Waals surface area (Å²) in [5.74, 6) is -0.841. The van der Waals surface area contributed by atoms with Crippen LogP contribution in [0.3, 0.4) is 0 Å². The minimum atomic E-state index is -0.812. The predicted octanol–water partition coefficient (Wildman–Crippen LogP) is -3.36. The van der Waals surface area contributed by atoms with Crippen molar-refractivity contribution >= 4 is 30.0 Å². The topological polar surface area (TPSA) is 177 Å². The van der Waals surface area contributed by atoms with E-state index in [0.29, 0.717) is 51.1 Å². The van der Waals surface area contributed by atoms with Crippen LogP contribution >= 0.6 is 0 Å². The first-order chi connectivity index (χ1) is 18.7. The molecule has 1 aromatic carbocycles. The number of carbonyl (C=O) groups excluding carboxylic acids is 4. The molecule has 0 radical (unpaired) electrons. The van der Waals surface area contributed by atoms with Gasteiger partial charge in [-0.05, 0) is 49.8 Å². The maximum Gasteiger partial charge on any atom is 0.338 e. The van der Waals surface area contributed by atoms with E-state index in [0.717, 1.165) is 5.56 Å². The number of unbranched alkanes of at least 4 members (excludes halogenated alkanes) is 1. The second-order valence-corrected chi connectivity index (χ2v) is 9.11. The molecule has 0 bridgehead atoms. The molecule has 7 N–H and O–H groups in total. The molecular weight excluding hydrogens is 538 g/mol. The summed E-state index contributed by atoms with van der Waals surface area (Å²) in [6, 6.07) is 5.93. The fourth-order valence-corrected chi connectivity index (χ4v) is 3.91. The quantitative estimate of drug-likeness (QED) is 0.0329. The van der Waals surface area contributed by atoms with E-state index in [1.54, 1.807) is 24.3 Å². The van der Waals surface area contributed by atoms with Gasteiger partial charge >= 0.3 is 5.96 Å². The zero-order valence-electron chi connectivity index (χ0n) is 23.0. The summed E-state index contributed by atoms with van der Waals surface area (Å²) >= 11 is 0. The van der Waals surface area contributed by atoms with Gasteiger partial charge in [-0.25, -0.2) is 0 Å². The van der Waals surface area contributed by atoms with Crippen molar-refractivity contribution in [2.24, 2.45) is 17.4 Å². The van der Waals surface area contributed by atoms with Crippen molar-refractivity contribution in [3.8, 4) is 5.75 Å². The van der Waals surface area contributed by atoms with Gasteiger partial charge in [0.15, 0.2) is 5.78 Å². The number of halogens is 1. The third kappa shape index (κ3) is 15.5. The Morgan fingerprint density at radius 2 is 1.77 bits per heavy atom. The molecule has 0 aliphatic carbocycles. The first-order valence-corrected chi connectivity index (χ1v) is 12.9. The van der Waals surface area contributed by atoms with E-state index in [2.05, 4.69) is 28.8 Å². The molecule has 1 aromatic rings. The maximum absolute atomic E-state index is 13.4. The van der Waals surface area contributed by atoms with Gasteiger partial charge in [0, 0.05) is 19.3 Å². The molecule has 0 heterocycles. The Kier molecular flexibility index (Phi) is 19.0. The van der Waals surface area contributed by atoms with Crippen LogP contribution in [-0.4, -0.2) is 61.9 Å². The van der Waals surface area contributed by atoms with Crippen molar-refractivity contribution in [1.82, 2.24) is 10.6 Å². The zero-order valence-corrected chi connectivity index (χ0v) is 23.8. The monoisotopic (exact) mass is 579 g/mol. The van der Waals surface area contributed by atoms with Crippen molar-refractivity contribution in [2.75, 3.05) is 19.8 Å². The smallest absolute Gasteiger partial charge is 0.338 e. The molecule has 0 saturated heterocycles.